The average molecular weight is 486 g/mol. The highest BCUT2D eigenvalue weighted by Gasteiger charge is 2.57. The summed E-state index contributed by atoms with van der Waals surface area (Å²) < 4.78 is 37.7. The SMILES string of the molecule is COC(=O)C1=C(C2CC2)NC(N)=C(C(=O)OCC2CC2(F)F)C1c1csc2c(C#N)cccc12. The Labute approximate surface area is 197 Å². The van der Waals surface area contributed by atoms with Crippen LogP contribution in [-0.2, 0) is 19.1 Å². The number of benzene rings is 1. The number of allylic oxidation sites excluding steroid dienone is 1. The Balaban J connectivity index is 1.63. The highest BCUT2D eigenvalue weighted by atomic mass is 32.1. The van der Waals surface area contributed by atoms with E-state index in [0.717, 1.165) is 12.8 Å². The summed E-state index contributed by atoms with van der Waals surface area (Å²) in [6.45, 7) is -0.439. The molecule has 3 N–H and O–H groups in total. The molecule has 2 aliphatic carbocycles. The molecular formula is C24H21F2N3O4S. The number of ether oxygens (including phenoxy) is 2. The fourth-order valence-electron chi connectivity index (χ4n) is 4.40. The first-order valence-corrected chi connectivity index (χ1v) is 11.7. The van der Waals surface area contributed by atoms with Crippen molar-refractivity contribution in [1.82, 2.24) is 5.32 Å². The average Bonchev–Trinajstić information content (AvgIpc) is 3.72. The quantitative estimate of drug-likeness (QED) is 0.600. The topological polar surface area (TPSA) is 114 Å². The van der Waals surface area contributed by atoms with E-state index in [9.17, 15) is 23.6 Å². The summed E-state index contributed by atoms with van der Waals surface area (Å²) in [5, 5.41) is 15.0. The van der Waals surface area contributed by atoms with Crippen molar-refractivity contribution in [3.63, 3.8) is 0 Å². The van der Waals surface area contributed by atoms with Crippen LogP contribution in [0, 0.1) is 23.2 Å². The van der Waals surface area contributed by atoms with Gasteiger partial charge in [-0.05, 0) is 41.2 Å². The smallest absolute Gasteiger partial charge is 0.338 e. The van der Waals surface area contributed by atoms with Crippen molar-refractivity contribution >= 4 is 33.4 Å². The van der Waals surface area contributed by atoms with Gasteiger partial charge in [0, 0.05) is 12.1 Å². The molecule has 2 saturated carbocycles. The van der Waals surface area contributed by atoms with Gasteiger partial charge in [-0.15, -0.1) is 11.3 Å². The van der Waals surface area contributed by atoms with E-state index in [1.165, 1.54) is 18.4 Å². The monoisotopic (exact) mass is 485 g/mol. The second kappa shape index (κ2) is 8.09. The molecule has 7 nitrogen and oxygen atoms in total. The zero-order valence-corrected chi connectivity index (χ0v) is 19.0. The molecule has 176 valence electrons. The van der Waals surface area contributed by atoms with Gasteiger partial charge in [0.05, 0.1) is 40.4 Å². The van der Waals surface area contributed by atoms with Crippen LogP contribution in [-0.4, -0.2) is 31.6 Å². The Bertz CT molecular complexity index is 1320. The Morgan fingerprint density at radius 1 is 1.29 bits per heavy atom. The summed E-state index contributed by atoms with van der Waals surface area (Å²) in [4.78, 5) is 26.2. The molecule has 10 heteroatoms. The molecule has 2 fully saturated rings. The molecule has 0 saturated heterocycles. The molecule has 0 bridgehead atoms. The molecule has 1 aromatic heterocycles. The van der Waals surface area contributed by atoms with Gasteiger partial charge in [0.2, 0.25) is 0 Å². The van der Waals surface area contributed by atoms with Crippen LogP contribution in [0.2, 0.25) is 0 Å². The third kappa shape index (κ3) is 3.70. The summed E-state index contributed by atoms with van der Waals surface area (Å²) in [6, 6.07) is 7.37. The number of fused-ring (bicyclic) bond motifs is 1. The number of methoxy groups -OCH3 is 1. The fourth-order valence-corrected chi connectivity index (χ4v) is 5.46. The Kier molecular flexibility index (Phi) is 5.32. The predicted octanol–water partition coefficient (Wildman–Crippen LogP) is 3.67. The third-order valence-corrected chi connectivity index (χ3v) is 7.52. The van der Waals surface area contributed by atoms with E-state index in [-0.39, 0.29) is 29.3 Å². The number of carbonyl (C=O) groups is 2. The summed E-state index contributed by atoms with van der Waals surface area (Å²) in [5.41, 5.74) is 8.16. The van der Waals surface area contributed by atoms with Gasteiger partial charge in [0.1, 0.15) is 18.5 Å². The molecule has 1 aliphatic heterocycles. The van der Waals surface area contributed by atoms with Crippen LogP contribution in [0.3, 0.4) is 0 Å². The number of nitriles is 1. The van der Waals surface area contributed by atoms with Gasteiger partial charge in [-0.1, -0.05) is 12.1 Å². The Morgan fingerprint density at radius 3 is 2.65 bits per heavy atom. The minimum Gasteiger partial charge on any atom is -0.466 e. The number of hydrogen-bond acceptors (Lipinski definition) is 8. The van der Waals surface area contributed by atoms with E-state index in [4.69, 9.17) is 15.2 Å². The molecule has 0 radical (unpaired) electrons. The van der Waals surface area contributed by atoms with Crippen molar-refractivity contribution in [1.29, 1.82) is 5.26 Å². The predicted molar refractivity (Wildman–Crippen MR) is 119 cm³/mol. The standard InChI is InChI=1S/C24H21F2N3O4S/c1-32-22(30)17-16(15-10-34-20-12(8-27)3-2-4-14(15)20)18(21(28)29-19(17)11-5-6-11)23(31)33-9-13-7-24(13,25)26/h2-4,10-11,13,16,29H,5-7,9,28H2,1H3. The number of dihydropyridines is 1. The molecule has 1 aromatic carbocycles. The van der Waals surface area contributed by atoms with Crippen molar-refractivity contribution in [2.75, 3.05) is 13.7 Å². The van der Waals surface area contributed by atoms with Gasteiger partial charge < -0.3 is 20.5 Å². The maximum Gasteiger partial charge on any atom is 0.338 e. The number of nitrogens with one attached hydrogen (secondary N) is 1. The fraction of sp³-hybridized carbons (Fsp3) is 0.375. The lowest BCUT2D eigenvalue weighted by atomic mass is 9.80. The van der Waals surface area contributed by atoms with Crippen molar-refractivity contribution in [3.8, 4) is 6.07 Å². The lowest BCUT2D eigenvalue weighted by molar-refractivity contribution is -0.140. The maximum atomic E-state index is 13.3. The summed E-state index contributed by atoms with van der Waals surface area (Å²) in [7, 11) is 1.26. The van der Waals surface area contributed by atoms with Crippen LogP contribution in [0.5, 0.6) is 0 Å². The molecule has 3 aliphatic rings. The summed E-state index contributed by atoms with van der Waals surface area (Å²) in [6.07, 6.45) is 1.37. The van der Waals surface area contributed by atoms with Crippen molar-refractivity contribution in [2.24, 2.45) is 17.6 Å². The van der Waals surface area contributed by atoms with Gasteiger partial charge in [0.15, 0.2) is 0 Å². The first-order valence-electron chi connectivity index (χ1n) is 10.8. The van der Waals surface area contributed by atoms with Crippen LogP contribution in [0.25, 0.3) is 10.1 Å². The normalized spacial score (nSPS) is 23.4. The Morgan fingerprint density at radius 2 is 2.03 bits per heavy atom. The molecule has 2 unspecified atom stereocenters. The van der Waals surface area contributed by atoms with Crippen LogP contribution in [0.4, 0.5) is 8.78 Å². The zero-order valence-electron chi connectivity index (χ0n) is 18.2. The number of rotatable bonds is 6. The second-order valence-electron chi connectivity index (χ2n) is 8.72. The minimum absolute atomic E-state index is 0.0166. The minimum atomic E-state index is -2.84. The number of nitrogens with two attached hydrogens (primary N) is 1. The summed E-state index contributed by atoms with van der Waals surface area (Å²) >= 11 is 1.32. The zero-order chi connectivity index (χ0) is 24.2. The number of thiophene rings is 1. The third-order valence-electron chi connectivity index (χ3n) is 6.47. The molecule has 34 heavy (non-hydrogen) atoms. The van der Waals surface area contributed by atoms with Gasteiger partial charge in [-0.2, -0.15) is 5.26 Å². The van der Waals surface area contributed by atoms with E-state index in [2.05, 4.69) is 11.4 Å². The van der Waals surface area contributed by atoms with Crippen LogP contribution in [0.1, 0.15) is 36.3 Å². The lowest BCUT2D eigenvalue weighted by Crippen LogP contribution is -2.37. The van der Waals surface area contributed by atoms with Crippen molar-refractivity contribution in [2.45, 2.75) is 31.1 Å². The largest absolute Gasteiger partial charge is 0.466 e. The number of nitrogens with zero attached hydrogens (tertiary/aromatic N) is 1. The number of hydrogen-bond donors (Lipinski definition) is 2. The van der Waals surface area contributed by atoms with Crippen LogP contribution in [0.15, 0.2) is 46.2 Å². The highest BCUT2D eigenvalue weighted by Crippen LogP contribution is 2.50. The summed E-state index contributed by atoms with van der Waals surface area (Å²) in [5.74, 6) is -6.20. The molecule has 2 atom stereocenters. The lowest BCUT2D eigenvalue weighted by Gasteiger charge is -2.31. The van der Waals surface area contributed by atoms with E-state index in [0.29, 0.717) is 26.9 Å². The number of halogens is 2. The number of alkyl halides is 2. The van der Waals surface area contributed by atoms with Gasteiger partial charge in [-0.3, -0.25) is 0 Å². The molecule has 2 aromatic rings. The molecule has 0 spiro atoms. The van der Waals surface area contributed by atoms with Gasteiger partial charge in [0.25, 0.3) is 5.92 Å². The van der Waals surface area contributed by atoms with Crippen molar-refractivity contribution in [3.05, 3.63) is 57.4 Å². The van der Waals surface area contributed by atoms with Gasteiger partial charge >= 0.3 is 11.9 Å². The Hall–Kier alpha value is -3.45. The van der Waals surface area contributed by atoms with E-state index >= 15 is 0 Å². The first kappa shape index (κ1) is 22.3. The molecule has 2 heterocycles. The van der Waals surface area contributed by atoms with E-state index in [1.54, 1.807) is 23.6 Å². The number of esters is 2. The molecule has 5 rings (SSSR count). The number of carbonyl (C=O) groups excluding carboxylic acids is 2. The van der Waals surface area contributed by atoms with E-state index in [1.807, 2.05) is 0 Å². The van der Waals surface area contributed by atoms with Gasteiger partial charge in [-0.25, -0.2) is 18.4 Å². The molecule has 0 amide bonds. The highest BCUT2D eigenvalue weighted by molar-refractivity contribution is 7.17. The van der Waals surface area contributed by atoms with E-state index < -0.39 is 36.3 Å². The second-order valence-corrected chi connectivity index (χ2v) is 9.60. The van der Waals surface area contributed by atoms with Crippen molar-refractivity contribution < 1.29 is 27.8 Å². The first-order chi connectivity index (χ1) is 16.3. The maximum absolute atomic E-state index is 13.3. The molecular weight excluding hydrogens is 464 g/mol. The van der Waals surface area contributed by atoms with Crippen LogP contribution < -0.4 is 11.1 Å². The van der Waals surface area contributed by atoms with Crippen LogP contribution >= 0.6 is 11.3 Å².